The average molecular weight is 526 g/mol. The average Bonchev–Trinajstić information content (AvgIpc) is 3.39. The van der Waals surface area contributed by atoms with Crippen molar-refractivity contribution in [1.29, 1.82) is 0 Å². The molecule has 2 aromatic heterocycles. The van der Waals surface area contributed by atoms with Crippen molar-refractivity contribution >= 4 is 38.3 Å². The lowest BCUT2D eigenvalue weighted by Crippen LogP contribution is -2.14. The third-order valence-corrected chi connectivity index (χ3v) is 8.06. The van der Waals surface area contributed by atoms with Crippen molar-refractivity contribution in [2.75, 3.05) is 6.54 Å². The van der Waals surface area contributed by atoms with Gasteiger partial charge in [0.2, 0.25) is 0 Å². The summed E-state index contributed by atoms with van der Waals surface area (Å²) in [7, 11) is 0. The third kappa shape index (κ3) is 3.94. The number of hydrogen-bond donors (Lipinski definition) is 1. The fourth-order valence-electron chi connectivity index (χ4n) is 6.15. The summed E-state index contributed by atoms with van der Waals surface area (Å²) >= 11 is 0. The van der Waals surface area contributed by atoms with Crippen LogP contribution in [0, 0.1) is 0 Å². The maximum absolute atomic E-state index is 4.64. The van der Waals surface area contributed by atoms with E-state index >= 15 is 0 Å². The molecule has 1 aliphatic rings. The van der Waals surface area contributed by atoms with E-state index in [-0.39, 0.29) is 0 Å². The Morgan fingerprint density at radius 1 is 0.610 bits per heavy atom. The van der Waals surface area contributed by atoms with E-state index in [1.807, 2.05) is 18.3 Å². The normalized spacial score (nSPS) is 13.0. The minimum atomic E-state index is 0.862. The van der Waals surface area contributed by atoms with E-state index in [0.717, 1.165) is 29.2 Å². The first-order valence-corrected chi connectivity index (χ1v) is 14.0. The molecule has 3 heteroatoms. The van der Waals surface area contributed by atoms with Crippen molar-refractivity contribution in [3.63, 3.8) is 0 Å². The van der Waals surface area contributed by atoms with Crippen LogP contribution in [0.4, 0.5) is 0 Å². The van der Waals surface area contributed by atoms with Gasteiger partial charge in [-0.15, -0.1) is 0 Å². The van der Waals surface area contributed by atoms with E-state index in [2.05, 4.69) is 142 Å². The van der Waals surface area contributed by atoms with Gasteiger partial charge in [-0.2, -0.15) is 0 Å². The Morgan fingerprint density at radius 3 is 2.15 bits per heavy atom. The van der Waals surface area contributed by atoms with Crippen LogP contribution in [0.1, 0.15) is 5.56 Å². The summed E-state index contributed by atoms with van der Waals surface area (Å²) in [5.74, 6) is 0. The third-order valence-electron chi connectivity index (χ3n) is 8.06. The zero-order valence-electron chi connectivity index (χ0n) is 22.5. The topological polar surface area (TPSA) is 29.9 Å². The predicted octanol–water partition coefficient (Wildman–Crippen LogP) is 9.17. The van der Waals surface area contributed by atoms with Crippen LogP contribution in [0.5, 0.6) is 0 Å². The number of rotatable bonds is 4. The van der Waals surface area contributed by atoms with Crippen LogP contribution in [0.25, 0.3) is 66.3 Å². The molecule has 1 N–H and O–H groups in total. The first-order chi connectivity index (χ1) is 20.3. The zero-order valence-corrected chi connectivity index (χ0v) is 22.5. The fraction of sp³-hybridized carbons (Fsp3) is 0.0263. The number of fused-ring (bicyclic) bond motifs is 5. The number of nitrogens with zero attached hydrogens (tertiary/aromatic N) is 2. The molecule has 0 atom stereocenters. The number of dihydropyridines is 1. The molecule has 8 rings (SSSR count). The Hall–Kier alpha value is -5.41. The number of para-hydroxylation sites is 1. The lowest BCUT2D eigenvalue weighted by atomic mass is 9.94. The van der Waals surface area contributed by atoms with E-state index in [0.29, 0.717) is 0 Å². The van der Waals surface area contributed by atoms with Crippen LogP contribution in [0.2, 0.25) is 0 Å². The minimum Gasteiger partial charge on any atom is -0.381 e. The Labute approximate surface area is 238 Å². The standard InChI is InChI=1S/C38H27N3/c1-2-10-29(11-3-1)41-36-24-28(35-15-7-9-23-40-35)20-21-32(36)38-31-13-5-4-12-30(31)33(25-37(38)41)26-16-18-27(19-17-26)34-14-6-8-22-39-34/h1-21,23-25,39H,22H2. The fourth-order valence-corrected chi connectivity index (χ4v) is 6.15. The molecule has 194 valence electrons. The van der Waals surface area contributed by atoms with E-state index in [9.17, 15) is 0 Å². The first-order valence-electron chi connectivity index (χ1n) is 14.0. The van der Waals surface area contributed by atoms with E-state index in [1.165, 1.54) is 49.3 Å². The molecule has 7 aromatic rings. The maximum atomic E-state index is 4.64. The van der Waals surface area contributed by atoms with Gasteiger partial charge in [0.1, 0.15) is 0 Å². The SMILES string of the molecule is C1=CCNC(c2ccc(-c3cc4c(c5ccccc35)c3ccc(-c5ccccn5)cc3n4-c3ccccc3)cc2)=C1. The van der Waals surface area contributed by atoms with Gasteiger partial charge in [0.25, 0.3) is 0 Å². The highest BCUT2D eigenvalue weighted by Crippen LogP contribution is 2.42. The summed E-state index contributed by atoms with van der Waals surface area (Å²) in [5.41, 5.74) is 10.4. The molecule has 5 aromatic carbocycles. The second-order valence-corrected chi connectivity index (χ2v) is 10.4. The van der Waals surface area contributed by atoms with E-state index in [1.54, 1.807) is 0 Å². The van der Waals surface area contributed by atoms with Gasteiger partial charge in [-0.25, -0.2) is 0 Å². The van der Waals surface area contributed by atoms with Crippen LogP contribution in [0.3, 0.4) is 0 Å². The highest BCUT2D eigenvalue weighted by Gasteiger charge is 2.19. The van der Waals surface area contributed by atoms with Crippen molar-refractivity contribution in [1.82, 2.24) is 14.9 Å². The smallest absolute Gasteiger partial charge is 0.0702 e. The second kappa shape index (κ2) is 9.65. The van der Waals surface area contributed by atoms with Gasteiger partial charge in [-0.05, 0) is 69.9 Å². The first kappa shape index (κ1) is 23.5. The van der Waals surface area contributed by atoms with Gasteiger partial charge in [0.05, 0.1) is 16.7 Å². The number of benzene rings is 5. The number of pyridine rings is 1. The Balaban J connectivity index is 1.42. The van der Waals surface area contributed by atoms with Gasteiger partial charge >= 0.3 is 0 Å². The number of aromatic nitrogens is 2. The molecule has 0 amide bonds. The molecule has 0 spiro atoms. The quantitative estimate of drug-likeness (QED) is 0.248. The largest absolute Gasteiger partial charge is 0.381 e. The summed E-state index contributed by atoms with van der Waals surface area (Å²) in [6.07, 6.45) is 8.24. The summed E-state index contributed by atoms with van der Waals surface area (Å²) in [5, 5.41) is 8.50. The highest BCUT2D eigenvalue weighted by atomic mass is 15.0. The van der Waals surface area contributed by atoms with Gasteiger partial charge in [0, 0.05) is 40.5 Å². The van der Waals surface area contributed by atoms with Crippen LogP contribution in [-0.4, -0.2) is 16.1 Å². The molecule has 0 radical (unpaired) electrons. The van der Waals surface area contributed by atoms with Gasteiger partial charge < -0.3 is 9.88 Å². The summed E-state index contributed by atoms with van der Waals surface area (Å²) in [6.45, 7) is 0.862. The zero-order chi connectivity index (χ0) is 27.2. The summed E-state index contributed by atoms with van der Waals surface area (Å²) in [6, 6.07) is 43.6. The van der Waals surface area contributed by atoms with Crippen molar-refractivity contribution in [2.45, 2.75) is 0 Å². The van der Waals surface area contributed by atoms with E-state index in [4.69, 9.17) is 0 Å². The molecule has 0 saturated heterocycles. The predicted molar refractivity (Wildman–Crippen MR) is 172 cm³/mol. The van der Waals surface area contributed by atoms with Crippen LogP contribution in [-0.2, 0) is 0 Å². The molecule has 0 saturated carbocycles. The molecule has 1 aliphatic heterocycles. The Kier molecular flexibility index (Phi) is 5.53. The van der Waals surface area contributed by atoms with Crippen LogP contribution >= 0.6 is 0 Å². The van der Waals surface area contributed by atoms with Crippen molar-refractivity contribution < 1.29 is 0 Å². The highest BCUT2D eigenvalue weighted by molar-refractivity contribution is 6.24. The number of allylic oxidation sites excluding steroid dienone is 2. The van der Waals surface area contributed by atoms with E-state index < -0.39 is 0 Å². The van der Waals surface area contributed by atoms with Crippen molar-refractivity contribution in [3.8, 4) is 28.1 Å². The lowest BCUT2D eigenvalue weighted by Gasteiger charge is -2.14. The second-order valence-electron chi connectivity index (χ2n) is 10.4. The Morgan fingerprint density at radius 2 is 1.37 bits per heavy atom. The molecule has 0 bridgehead atoms. The van der Waals surface area contributed by atoms with Gasteiger partial charge in [-0.1, -0.05) is 97.1 Å². The van der Waals surface area contributed by atoms with Gasteiger partial charge in [0.15, 0.2) is 0 Å². The lowest BCUT2D eigenvalue weighted by molar-refractivity contribution is 0.996. The molecule has 3 nitrogen and oxygen atoms in total. The molecule has 0 aliphatic carbocycles. The Bertz CT molecular complexity index is 2120. The minimum absolute atomic E-state index is 0.862. The number of nitrogens with one attached hydrogen (secondary N) is 1. The van der Waals surface area contributed by atoms with Gasteiger partial charge in [-0.3, -0.25) is 4.98 Å². The number of hydrogen-bond acceptors (Lipinski definition) is 2. The molecule has 0 fully saturated rings. The van der Waals surface area contributed by atoms with Crippen molar-refractivity contribution in [2.24, 2.45) is 0 Å². The van der Waals surface area contributed by atoms with Crippen LogP contribution < -0.4 is 5.32 Å². The molecular formula is C38H27N3. The monoisotopic (exact) mass is 525 g/mol. The molecule has 0 unspecified atom stereocenters. The summed E-state index contributed by atoms with van der Waals surface area (Å²) in [4.78, 5) is 4.64. The van der Waals surface area contributed by atoms with Crippen LogP contribution in [0.15, 0.2) is 146 Å². The van der Waals surface area contributed by atoms with Crippen molar-refractivity contribution in [3.05, 3.63) is 151 Å². The summed E-state index contributed by atoms with van der Waals surface area (Å²) < 4.78 is 2.41. The molecule has 41 heavy (non-hydrogen) atoms. The maximum Gasteiger partial charge on any atom is 0.0702 e. The molecular weight excluding hydrogens is 498 g/mol. The molecule has 3 heterocycles.